The van der Waals surface area contributed by atoms with E-state index in [1.165, 1.54) is 6.33 Å². The normalized spacial score (nSPS) is 17.5. The highest BCUT2D eigenvalue weighted by Gasteiger charge is 2.23. The Kier molecular flexibility index (Phi) is 4.06. The van der Waals surface area contributed by atoms with E-state index in [1.54, 1.807) is 20.2 Å². The van der Waals surface area contributed by atoms with Crippen LogP contribution in [0.25, 0.3) is 10.9 Å². The summed E-state index contributed by atoms with van der Waals surface area (Å²) in [4.78, 5) is 20.7. The summed E-state index contributed by atoms with van der Waals surface area (Å²) in [6.45, 7) is 0.880. The van der Waals surface area contributed by atoms with E-state index in [0.29, 0.717) is 17.3 Å². The van der Waals surface area contributed by atoms with E-state index < -0.39 is 0 Å². The van der Waals surface area contributed by atoms with Crippen molar-refractivity contribution in [1.82, 2.24) is 15.3 Å². The fourth-order valence-electron chi connectivity index (χ4n) is 2.68. The van der Waals surface area contributed by atoms with Crippen LogP contribution >= 0.6 is 0 Å². The van der Waals surface area contributed by atoms with Crippen LogP contribution in [0.15, 0.2) is 18.5 Å². The van der Waals surface area contributed by atoms with Gasteiger partial charge in [-0.05, 0) is 25.5 Å². The number of amides is 1. The molecule has 0 bridgehead atoms. The molecular weight excluding hydrogens is 282 g/mol. The summed E-state index contributed by atoms with van der Waals surface area (Å²) in [5, 5.41) is 9.98. The van der Waals surface area contributed by atoms with Gasteiger partial charge < -0.3 is 20.7 Å². The summed E-state index contributed by atoms with van der Waals surface area (Å²) in [5.74, 6) is 1.25. The number of anilines is 2. The lowest BCUT2D eigenvalue weighted by atomic mass is 10.1. The van der Waals surface area contributed by atoms with E-state index in [2.05, 4.69) is 25.9 Å². The van der Waals surface area contributed by atoms with E-state index in [-0.39, 0.29) is 11.9 Å². The number of carbonyl (C=O) groups excluding carboxylic acids is 1. The number of nitrogens with one attached hydrogen (secondary N) is 3. The second kappa shape index (κ2) is 6.15. The fourth-order valence-corrected chi connectivity index (χ4v) is 2.68. The Hall–Kier alpha value is -2.41. The SMILES string of the molecule is CNc1ncnc2cc(OC)c(NC(=O)C3CCCN3)cc12. The third-order valence-electron chi connectivity index (χ3n) is 3.83. The van der Waals surface area contributed by atoms with E-state index in [0.717, 1.165) is 30.3 Å². The summed E-state index contributed by atoms with van der Waals surface area (Å²) in [7, 11) is 3.37. The zero-order valence-electron chi connectivity index (χ0n) is 12.6. The van der Waals surface area contributed by atoms with Gasteiger partial charge in [-0.3, -0.25) is 4.79 Å². The van der Waals surface area contributed by atoms with Gasteiger partial charge in [0.1, 0.15) is 17.9 Å². The fraction of sp³-hybridized carbons (Fsp3) is 0.400. The first-order valence-electron chi connectivity index (χ1n) is 7.27. The molecule has 1 fully saturated rings. The maximum absolute atomic E-state index is 12.3. The highest BCUT2D eigenvalue weighted by Crippen LogP contribution is 2.32. The van der Waals surface area contributed by atoms with Gasteiger partial charge in [0.2, 0.25) is 5.91 Å². The van der Waals surface area contributed by atoms with E-state index in [1.807, 2.05) is 6.07 Å². The third kappa shape index (κ3) is 2.67. The van der Waals surface area contributed by atoms with Crippen LogP contribution < -0.4 is 20.7 Å². The molecule has 3 rings (SSSR count). The summed E-state index contributed by atoms with van der Waals surface area (Å²) >= 11 is 0. The second-order valence-corrected chi connectivity index (χ2v) is 5.18. The third-order valence-corrected chi connectivity index (χ3v) is 3.83. The Morgan fingerprint density at radius 3 is 2.95 bits per heavy atom. The monoisotopic (exact) mass is 301 g/mol. The molecule has 1 saturated heterocycles. The zero-order chi connectivity index (χ0) is 15.5. The summed E-state index contributed by atoms with van der Waals surface area (Å²) in [6.07, 6.45) is 3.37. The van der Waals surface area contributed by atoms with Crippen LogP contribution in [0.3, 0.4) is 0 Å². The number of nitrogens with zero attached hydrogens (tertiary/aromatic N) is 2. The lowest BCUT2D eigenvalue weighted by Gasteiger charge is -2.15. The molecule has 1 aromatic heterocycles. The number of ether oxygens (including phenoxy) is 1. The molecule has 2 aromatic rings. The molecule has 1 amide bonds. The highest BCUT2D eigenvalue weighted by atomic mass is 16.5. The lowest BCUT2D eigenvalue weighted by Crippen LogP contribution is -2.35. The molecule has 1 atom stereocenters. The maximum atomic E-state index is 12.3. The Morgan fingerprint density at radius 2 is 2.27 bits per heavy atom. The van der Waals surface area contributed by atoms with Crippen molar-refractivity contribution in [2.24, 2.45) is 0 Å². The largest absolute Gasteiger partial charge is 0.494 e. The van der Waals surface area contributed by atoms with Crippen LogP contribution in [-0.4, -0.2) is 42.6 Å². The van der Waals surface area contributed by atoms with E-state index in [4.69, 9.17) is 4.74 Å². The van der Waals surface area contributed by atoms with E-state index in [9.17, 15) is 4.79 Å². The van der Waals surface area contributed by atoms with Crippen molar-refractivity contribution in [3.63, 3.8) is 0 Å². The molecule has 1 aliphatic heterocycles. The minimum absolute atomic E-state index is 0.0435. The van der Waals surface area contributed by atoms with Gasteiger partial charge in [0, 0.05) is 18.5 Å². The molecule has 0 spiro atoms. The molecule has 0 radical (unpaired) electrons. The highest BCUT2D eigenvalue weighted by molar-refractivity contribution is 6.00. The van der Waals surface area contributed by atoms with Gasteiger partial charge in [0.25, 0.3) is 0 Å². The van der Waals surface area contributed by atoms with Gasteiger partial charge in [-0.1, -0.05) is 0 Å². The Balaban J connectivity index is 1.97. The first kappa shape index (κ1) is 14.5. The second-order valence-electron chi connectivity index (χ2n) is 5.18. The minimum atomic E-state index is -0.142. The number of carbonyl (C=O) groups is 1. The number of rotatable bonds is 4. The molecule has 2 heterocycles. The molecule has 0 aliphatic carbocycles. The Bertz CT molecular complexity index is 698. The Labute approximate surface area is 128 Å². The van der Waals surface area contributed by atoms with Crippen LogP contribution in [0.2, 0.25) is 0 Å². The quantitative estimate of drug-likeness (QED) is 0.790. The average Bonchev–Trinajstić information content (AvgIpc) is 3.08. The number of benzene rings is 1. The minimum Gasteiger partial charge on any atom is -0.494 e. The van der Waals surface area contributed by atoms with Crippen molar-refractivity contribution in [2.45, 2.75) is 18.9 Å². The standard InChI is InChI=1S/C15H19N5O2/c1-16-14-9-6-12(20-15(21)10-4-3-5-17-10)13(22-2)7-11(9)18-8-19-14/h6-8,10,17H,3-5H2,1-2H3,(H,20,21)(H,16,18,19). The number of methoxy groups -OCH3 is 1. The summed E-state index contributed by atoms with van der Waals surface area (Å²) < 4.78 is 5.37. The molecule has 1 aromatic carbocycles. The predicted molar refractivity (Wildman–Crippen MR) is 85.3 cm³/mol. The number of fused-ring (bicyclic) bond motifs is 1. The molecular formula is C15H19N5O2. The maximum Gasteiger partial charge on any atom is 0.241 e. The van der Waals surface area contributed by atoms with Crippen molar-refractivity contribution in [3.05, 3.63) is 18.5 Å². The Morgan fingerprint density at radius 1 is 1.41 bits per heavy atom. The van der Waals surface area contributed by atoms with Crippen LogP contribution in [0.5, 0.6) is 5.75 Å². The van der Waals surface area contributed by atoms with Crippen LogP contribution in [0.4, 0.5) is 11.5 Å². The van der Waals surface area contributed by atoms with Gasteiger partial charge in [0.05, 0.1) is 24.4 Å². The molecule has 0 saturated carbocycles. The van der Waals surface area contributed by atoms with Crippen LogP contribution in [-0.2, 0) is 4.79 Å². The number of aromatic nitrogens is 2. The number of hydrogen-bond acceptors (Lipinski definition) is 6. The molecule has 1 aliphatic rings. The van der Waals surface area contributed by atoms with Crippen molar-refractivity contribution < 1.29 is 9.53 Å². The topological polar surface area (TPSA) is 88.2 Å². The van der Waals surface area contributed by atoms with Crippen molar-refractivity contribution in [1.29, 1.82) is 0 Å². The molecule has 7 nitrogen and oxygen atoms in total. The van der Waals surface area contributed by atoms with Crippen molar-refractivity contribution in [2.75, 3.05) is 31.3 Å². The molecule has 1 unspecified atom stereocenters. The van der Waals surface area contributed by atoms with Gasteiger partial charge in [-0.25, -0.2) is 9.97 Å². The molecule has 116 valence electrons. The first-order valence-corrected chi connectivity index (χ1v) is 7.27. The van der Waals surface area contributed by atoms with Gasteiger partial charge >= 0.3 is 0 Å². The predicted octanol–water partition coefficient (Wildman–Crippen LogP) is 1.37. The molecule has 7 heteroatoms. The van der Waals surface area contributed by atoms with Crippen molar-refractivity contribution >= 4 is 28.3 Å². The first-order chi connectivity index (χ1) is 10.7. The van der Waals surface area contributed by atoms with Crippen molar-refractivity contribution in [3.8, 4) is 5.75 Å². The molecule has 3 N–H and O–H groups in total. The van der Waals surface area contributed by atoms with E-state index >= 15 is 0 Å². The number of hydrogen-bond donors (Lipinski definition) is 3. The van der Waals surface area contributed by atoms with Gasteiger partial charge in [-0.15, -0.1) is 0 Å². The molecule has 22 heavy (non-hydrogen) atoms. The van der Waals surface area contributed by atoms with Gasteiger partial charge in [0.15, 0.2) is 0 Å². The van der Waals surface area contributed by atoms with Gasteiger partial charge in [-0.2, -0.15) is 0 Å². The summed E-state index contributed by atoms with van der Waals surface area (Å²) in [5.41, 5.74) is 1.38. The van der Waals surface area contributed by atoms with Crippen LogP contribution in [0.1, 0.15) is 12.8 Å². The smallest absolute Gasteiger partial charge is 0.241 e. The summed E-state index contributed by atoms with van der Waals surface area (Å²) in [6, 6.07) is 3.50. The average molecular weight is 301 g/mol. The lowest BCUT2D eigenvalue weighted by molar-refractivity contribution is -0.117. The zero-order valence-corrected chi connectivity index (χ0v) is 12.6. The van der Waals surface area contributed by atoms with Crippen LogP contribution in [0, 0.1) is 0 Å².